The van der Waals surface area contributed by atoms with Gasteiger partial charge in [-0.05, 0) is 38.1 Å². The molecular formula is C16H16F2N2O3S. The average molecular weight is 354 g/mol. The fraction of sp³-hybridized carbons (Fsp3) is 0.188. The van der Waals surface area contributed by atoms with E-state index in [9.17, 15) is 17.2 Å². The normalized spacial score (nSPS) is 12.3. The van der Waals surface area contributed by atoms with Crippen LogP contribution in [0.4, 0.5) is 8.78 Å². The highest BCUT2D eigenvalue weighted by Gasteiger charge is 2.13. The van der Waals surface area contributed by atoms with Gasteiger partial charge in [0, 0.05) is 5.56 Å². The van der Waals surface area contributed by atoms with E-state index in [0.29, 0.717) is 11.3 Å². The lowest BCUT2D eigenvalue weighted by Gasteiger charge is -2.08. The molecule has 2 aromatic carbocycles. The topological polar surface area (TPSA) is 67.8 Å². The first kappa shape index (κ1) is 17.9. The van der Waals surface area contributed by atoms with Crippen LogP contribution in [0.1, 0.15) is 18.1 Å². The maximum absolute atomic E-state index is 12.2. The predicted octanol–water partition coefficient (Wildman–Crippen LogP) is 3.30. The lowest BCUT2D eigenvalue weighted by molar-refractivity contribution is -0.0498. The third-order valence-corrected chi connectivity index (χ3v) is 4.37. The van der Waals surface area contributed by atoms with Gasteiger partial charge in [-0.3, -0.25) is 0 Å². The van der Waals surface area contributed by atoms with Crippen molar-refractivity contribution in [3.8, 4) is 5.75 Å². The van der Waals surface area contributed by atoms with Crippen LogP contribution in [-0.2, 0) is 10.0 Å². The Morgan fingerprint density at radius 1 is 1.17 bits per heavy atom. The summed E-state index contributed by atoms with van der Waals surface area (Å²) in [6.45, 7) is 0.470. The Bertz CT molecular complexity index is 835. The second-order valence-corrected chi connectivity index (χ2v) is 6.67. The summed E-state index contributed by atoms with van der Waals surface area (Å²) in [5.74, 6) is -0.0292. The molecule has 8 heteroatoms. The lowest BCUT2D eigenvalue weighted by atomic mass is 10.1. The molecule has 0 spiro atoms. The van der Waals surface area contributed by atoms with Crippen LogP contribution in [-0.4, -0.2) is 20.7 Å². The van der Waals surface area contributed by atoms with Crippen LogP contribution >= 0.6 is 0 Å². The van der Waals surface area contributed by atoms with Gasteiger partial charge in [0.2, 0.25) is 0 Å². The fourth-order valence-electron chi connectivity index (χ4n) is 1.86. The molecule has 5 nitrogen and oxygen atoms in total. The maximum atomic E-state index is 12.2. The summed E-state index contributed by atoms with van der Waals surface area (Å²) in [6, 6.07) is 12.1. The number of nitrogens with one attached hydrogen (secondary N) is 1. The van der Waals surface area contributed by atoms with Crippen molar-refractivity contribution in [2.24, 2.45) is 5.10 Å². The molecule has 0 aromatic heterocycles. The van der Waals surface area contributed by atoms with Gasteiger partial charge in [0.1, 0.15) is 5.75 Å². The van der Waals surface area contributed by atoms with Crippen molar-refractivity contribution in [1.82, 2.24) is 4.83 Å². The Labute approximate surface area is 139 Å². The maximum Gasteiger partial charge on any atom is 0.387 e. The molecular weight excluding hydrogens is 338 g/mol. The number of ether oxygens (including phenoxy) is 1. The lowest BCUT2D eigenvalue weighted by Crippen LogP contribution is -2.20. The molecule has 0 radical (unpaired) electrons. The van der Waals surface area contributed by atoms with Crippen molar-refractivity contribution in [3.05, 3.63) is 59.7 Å². The number of hydrogen-bond donors (Lipinski definition) is 1. The highest BCUT2D eigenvalue weighted by Crippen LogP contribution is 2.17. The molecule has 0 aliphatic rings. The van der Waals surface area contributed by atoms with Gasteiger partial charge in [-0.15, -0.1) is 0 Å². The Hall–Kier alpha value is -2.48. The number of alkyl halides is 2. The summed E-state index contributed by atoms with van der Waals surface area (Å²) in [4.78, 5) is 2.21. The molecule has 0 aliphatic heterocycles. The standard InChI is InChI=1S/C16H16F2N2O3S/c1-11-6-8-15(9-7-11)24(21,22)20-19-12(2)13-4-3-5-14(10-13)23-16(17)18/h3-10,16,20H,1-2H3/b19-12-. The van der Waals surface area contributed by atoms with Gasteiger partial charge in [0.15, 0.2) is 0 Å². The number of hydrazone groups is 1. The molecule has 24 heavy (non-hydrogen) atoms. The molecule has 0 unspecified atom stereocenters. The smallest absolute Gasteiger partial charge is 0.387 e. The van der Waals surface area contributed by atoms with Crippen LogP contribution < -0.4 is 9.57 Å². The predicted molar refractivity (Wildman–Crippen MR) is 86.8 cm³/mol. The zero-order chi connectivity index (χ0) is 17.7. The summed E-state index contributed by atoms with van der Waals surface area (Å²) < 4.78 is 53.1. The molecule has 0 fully saturated rings. The minimum absolute atomic E-state index is 0.0292. The van der Waals surface area contributed by atoms with Crippen LogP contribution in [0.25, 0.3) is 0 Å². The Balaban J connectivity index is 2.17. The monoisotopic (exact) mass is 354 g/mol. The van der Waals surface area contributed by atoms with Gasteiger partial charge >= 0.3 is 6.61 Å². The number of halogens is 2. The number of hydrogen-bond acceptors (Lipinski definition) is 4. The Morgan fingerprint density at radius 2 is 1.83 bits per heavy atom. The largest absolute Gasteiger partial charge is 0.435 e. The molecule has 128 valence electrons. The molecule has 1 N–H and O–H groups in total. The minimum Gasteiger partial charge on any atom is -0.435 e. The number of aryl methyl sites for hydroxylation is 1. The summed E-state index contributed by atoms with van der Waals surface area (Å²) in [5, 5.41) is 3.82. The molecule has 0 amide bonds. The van der Waals surface area contributed by atoms with Gasteiger partial charge in [0.05, 0.1) is 10.6 Å². The molecule has 0 saturated heterocycles. The van der Waals surface area contributed by atoms with Gasteiger partial charge in [-0.25, -0.2) is 0 Å². The number of nitrogens with zero attached hydrogens (tertiary/aromatic N) is 1. The molecule has 0 saturated carbocycles. The number of benzene rings is 2. The Morgan fingerprint density at radius 3 is 2.46 bits per heavy atom. The molecule has 2 aromatic rings. The van der Waals surface area contributed by atoms with Crippen LogP contribution in [0.5, 0.6) is 5.75 Å². The average Bonchev–Trinajstić information content (AvgIpc) is 2.53. The van der Waals surface area contributed by atoms with Crippen LogP contribution in [0.15, 0.2) is 58.5 Å². The van der Waals surface area contributed by atoms with E-state index in [0.717, 1.165) is 5.56 Å². The van der Waals surface area contributed by atoms with E-state index in [-0.39, 0.29) is 10.6 Å². The summed E-state index contributed by atoms with van der Waals surface area (Å²) in [5.41, 5.74) is 1.70. The van der Waals surface area contributed by atoms with Crippen molar-refractivity contribution < 1.29 is 21.9 Å². The highest BCUT2D eigenvalue weighted by atomic mass is 32.2. The van der Waals surface area contributed by atoms with Gasteiger partial charge in [-0.1, -0.05) is 29.8 Å². The van der Waals surface area contributed by atoms with Crippen molar-refractivity contribution in [1.29, 1.82) is 0 Å². The van der Waals surface area contributed by atoms with Gasteiger partial charge < -0.3 is 4.74 Å². The zero-order valence-electron chi connectivity index (χ0n) is 13.0. The van der Waals surface area contributed by atoms with Crippen LogP contribution in [0.3, 0.4) is 0 Å². The first-order valence-electron chi connectivity index (χ1n) is 6.96. The minimum atomic E-state index is -3.80. The van der Waals surface area contributed by atoms with Gasteiger partial charge in [0.25, 0.3) is 10.0 Å². The van der Waals surface area contributed by atoms with E-state index in [4.69, 9.17) is 0 Å². The fourth-order valence-corrected chi connectivity index (χ4v) is 2.72. The number of rotatable bonds is 6. The van der Waals surface area contributed by atoms with Crippen molar-refractivity contribution in [3.63, 3.8) is 0 Å². The molecule has 0 aliphatic carbocycles. The van der Waals surface area contributed by atoms with Gasteiger partial charge in [-0.2, -0.15) is 27.1 Å². The van der Waals surface area contributed by atoms with E-state index < -0.39 is 16.6 Å². The highest BCUT2D eigenvalue weighted by molar-refractivity contribution is 7.89. The summed E-state index contributed by atoms with van der Waals surface area (Å²) >= 11 is 0. The first-order chi connectivity index (χ1) is 11.3. The molecule has 0 bridgehead atoms. The van der Waals surface area contributed by atoms with Crippen molar-refractivity contribution in [2.45, 2.75) is 25.4 Å². The van der Waals surface area contributed by atoms with E-state index in [1.807, 2.05) is 6.92 Å². The van der Waals surface area contributed by atoms with E-state index in [1.54, 1.807) is 25.1 Å². The van der Waals surface area contributed by atoms with E-state index in [1.165, 1.54) is 30.3 Å². The van der Waals surface area contributed by atoms with E-state index in [2.05, 4.69) is 14.7 Å². The molecule has 0 heterocycles. The third-order valence-electron chi connectivity index (χ3n) is 3.14. The first-order valence-corrected chi connectivity index (χ1v) is 8.44. The summed E-state index contributed by atoms with van der Waals surface area (Å²) in [6.07, 6.45) is 0. The van der Waals surface area contributed by atoms with Crippen molar-refractivity contribution in [2.75, 3.05) is 0 Å². The molecule has 2 rings (SSSR count). The van der Waals surface area contributed by atoms with Crippen LogP contribution in [0.2, 0.25) is 0 Å². The molecule has 0 atom stereocenters. The third kappa shape index (κ3) is 4.76. The zero-order valence-corrected chi connectivity index (χ0v) is 13.8. The Kier molecular flexibility index (Phi) is 5.50. The number of sulfonamides is 1. The van der Waals surface area contributed by atoms with E-state index >= 15 is 0 Å². The second-order valence-electron chi connectivity index (χ2n) is 5.01. The SMILES string of the molecule is C/C(=N/NS(=O)(=O)c1ccc(C)cc1)c1cccc(OC(F)F)c1. The second kappa shape index (κ2) is 7.39. The quantitative estimate of drug-likeness (QED) is 0.639. The summed E-state index contributed by atoms with van der Waals surface area (Å²) in [7, 11) is -3.80. The van der Waals surface area contributed by atoms with Crippen molar-refractivity contribution >= 4 is 15.7 Å². The van der Waals surface area contributed by atoms with Crippen LogP contribution in [0, 0.1) is 6.92 Å².